The van der Waals surface area contributed by atoms with Gasteiger partial charge in [-0.1, -0.05) is 0 Å². The molecule has 1 aromatic carbocycles. The molecule has 1 saturated heterocycles. The van der Waals surface area contributed by atoms with Crippen molar-refractivity contribution in [3.63, 3.8) is 0 Å². The number of morpholine rings is 1. The fraction of sp³-hybridized carbons (Fsp3) is 0.250. The highest BCUT2D eigenvalue weighted by molar-refractivity contribution is 6.07. The van der Waals surface area contributed by atoms with Gasteiger partial charge in [0.25, 0.3) is 5.91 Å². The van der Waals surface area contributed by atoms with Crippen LogP contribution in [0.25, 0.3) is 0 Å². The van der Waals surface area contributed by atoms with E-state index in [1.54, 1.807) is 12.3 Å². The fourth-order valence-electron chi connectivity index (χ4n) is 2.41. The van der Waals surface area contributed by atoms with Gasteiger partial charge in [-0.15, -0.1) is 0 Å². The quantitative estimate of drug-likeness (QED) is 0.875. The lowest BCUT2D eigenvalue weighted by Crippen LogP contribution is -2.38. The summed E-state index contributed by atoms with van der Waals surface area (Å²) in [5, 5.41) is 2.26. The van der Waals surface area contributed by atoms with E-state index in [9.17, 15) is 18.0 Å². The van der Waals surface area contributed by atoms with Crippen LogP contribution in [0.4, 0.5) is 24.7 Å². The molecule has 0 aliphatic carbocycles. The monoisotopic (exact) mass is 337 g/mol. The maximum Gasteiger partial charge on any atom is 0.259 e. The Morgan fingerprint density at radius 1 is 1.12 bits per heavy atom. The number of rotatable bonds is 3. The molecule has 1 amide bonds. The molecule has 1 N–H and O–H groups in total. The number of nitrogens with one attached hydrogen (secondary N) is 1. The molecule has 0 unspecified atom stereocenters. The van der Waals surface area contributed by atoms with Gasteiger partial charge < -0.3 is 15.0 Å². The lowest BCUT2D eigenvalue weighted by molar-refractivity contribution is 0.102. The zero-order valence-corrected chi connectivity index (χ0v) is 12.6. The number of hydrogen-bond acceptors (Lipinski definition) is 4. The van der Waals surface area contributed by atoms with Crippen LogP contribution in [0.1, 0.15) is 10.4 Å². The average molecular weight is 337 g/mol. The first kappa shape index (κ1) is 16.3. The maximum atomic E-state index is 13.7. The summed E-state index contributed by atoms with van der Waals surface area (Å²) in [5.74, 6) is -4.62. The summed E-state index contributed by atoms with van der Waals surface area (Å²) in [6.07, 6.45) is 1.54. The van der Waals surface area contributed by atoms with Crippen molar-refractivity contribution in [1.82, 2.24) is 4.98 Å². The first-order valence-electron chi connectivity index (χ1n) is 7.30. The van der Waals surface area contributed by atoms with Crippen LogP contribution in [0.15, 0.2) is 30.5 Å². The van der Waals surface area contributed by atoms with Gasteiger partial charge in [0, 0.05) is 19.3 Å². The van der Waals surface area contributed by atoms with E-state index in [-0.39, 0.29) is 5.56 Å². The zero-order chi connectivity index (χ0) is 17.1. The van der Waals surface area contributed by atoms with Crippen LogP contribution in [-0.2, 0) is 4.74 Å². The Hall–Kier alpha value is -2.61. The number of ether oxygens (including phenoxy) is 1. The van der Waals surface area contributed by atoms with Crippen molar-refractivity contribution in [2.45, 2.75) is 0 Å². The Balaban J connectivity index is 1.87. The summed E-state index contributed by atoms with van der Waals surface area (Å²) in [4.78, 5) is 18.5. The van der Waals surface area contributed by atoms with Gasteiger partial charge in [-0.2, -0.15) is 0 Å². The first-order chi connectivity index (χ1) is 11.6. The van der Waals surface area contributed by atoms with Crippen LogP contribution in [0.5, 0.6) is 0 Å². The molecule has 3 rings (SSSR count). The van der Waals surface area contributed by atoms with E-state index < -0.39 is 29.0 Å². The minimum atomic E-state index is -1.63. The molecule has 2 heterocycles. The van der Waals surface area contributed by atoms with Crippen molar-refractivity contribution in [2.75, 3.05) is 36.5 Å². The van der Waals surface area contributed by atoms with Gasteiger partial charge in [0.1, 0.15) is 5.82 Å². The lowest BCUT2D eigenvalue weighted by Gasteiger charge is -2.29. The standard InChI is InChI=1S/C16H14F3N3O2/c17-11-3-4-12(14(19)13(11)18)21-16(23)10-2-1-5-20-15(10)22-6-8-24-9-7-22/h1-5H,6-9H2,(H,21,23). The molecule has 1 aromatic heterocycles. The number of carbonyl (C=O) groups excluding carboxylic acids is 1. The first-order valence-corrected chi connectivity index (χ1v) is 7.30. The molecule has 1 fully saturated rings. The third kappa shape index (κ3) is 3.18. The Bertz CT molecular complexity index is 764. The Morgan fingerprint density at radius 3 is 2.62 bits per heavy atom. The highest BCUT2D eigenvalue weighted by atomic mass is 19.2. The summed E-state index contributed by atoms with van der Waals surface area (Å²) in [5.41, 5.74) is -0.223. The van der Waals surface area contributed by atoms with Crippen molar-refractivity contribution in [3.05, 3.63) is 53.5 Å². The molecule has 8 heteroatoms. The van der Waals surface area contributed by atoms with Gasteiger partial charge in [-0.25, -0.2) is 18.2 Å². The Morgan fingerprint density at radius 2 is 1.88 bits per heavy atom. The number of anilines is 2. The molecule has 1 aliphatic rings. The predicted molar refractivity (Wildman–Crippen MR) is 81.5 cm³/mol. The van der Waals surface area contributed by atoms with Gasteiger partial charge in [-0.05, 0) is 24.3 Å². The van der Waals surface area contributed by atoms with Crippen LogP contribution in [-0.4, -0.2) is 37.2 Å². The maximum absolute atomic E-state index is 13.7. The van der Waals surface area contributed by atoms with Gasteiger partial charge in [0.05, 0.1) is 24.5 Å². The second-order valence-corrected chi connectivity index (χ2v) is 5.15. The van der Waals surface area contributed by atoms with Crippen LogP contribution in [0.2, 0.25) is 0 Å². The fourth-order valence-corrected chi connectivity index (χ4v) is 2.41. The third-order valence-corrected chi connectivity index (χ3v) is 3.63. The molecule has 1 aliphatic heterocycles. The van der Waals surface area contributed by atoms with E-state index >= 15 is 0 Å². The molecule has 0 radical (unpaired) electrons. The van der Waals surface area contributed by atoms with E-state index in [4.69, 9.17) is 4.74 Å². The number of hydrogen-bond donors (Lipinski definition) is 1. The summed E-state index contributed by atoms with van der Waals surface area (Å²) < 4.78 is 45.2. The molecule has 0 spiro atoms. The van der Waals surface area contributed by atoms with Crippen molar-refractivity contribution in [1.29, 1.82) is 0 Å². The number of amides is 1. The molecule has 2 aromatic rings. The Labute approximate surface area is 136 Å². The third-order valence-electron chi connectivity index (χ3n) is 3.63. The molecule has 0 saturated carbocycles. The van der Waals surface area contributed by atoms with E-state index in [1.807, 2.05) is 4.90 Å². The number of nitrogens with zero attached hydrogens (tertiary/aromatic N) is 2. The van der Waals surface area contributed by atoms with Gasteiger partial charge >= 0.3 is 0 Å². The molecular weight excluding hydrogens is 323 g/mol. The normalized spacial score (nSPS) is 14.5. The summed E-state index contributed by atoms with van der Waals surface area (Å²) in [7, 11) is 0. The van der Waals surface area contributed by atoms with Crippen molar-refractivity contribution < 1.29 is 22.7 Å². The molecular formula is C16H14F3N3O2. The largest absolute Gasteiger partial charge is 0.378 e. The number of benzene rings is 1. The van der Waals surface area contributed by atoms with Crippen LogP contribution >= 0.6 is 0 Å². The average Bonchev–Trinajstić information content (AvgIpc) is 2.63. The van der Waals surface area contributed by atoms with E-state index in [0.29, 0.717) is 32.1 Å². The SMILES string of the molecule is O=C(Nc1ccc(F)c(F)c1F)c1cccnc1N1CCOCC1. The molecule has 24 heavy (non-hydrogen) atoms. The Kier molecular flexibility index (Phi) is 4.66. The molecule has 0 atom stereocenters. The van der Waals surface area contributed by atoms with Gasteiger partial charge in [0.15, 0.2) is 17.5 Å². The van der Waals surface area contributed by atoms with Crippen LogP contribution in [0, 0.1) is 17.5 Å². The van der Waals surface area contributed by atoms with Crippen LogP contribution < -0.4 is 10.2 Å². The molecule has 5 nitrogen and oxygen atoms in total. The molecule has 0 bridgehead atoms. The topological polar surface area (TPSA) is 54.5 Å². The van der Waals surface area contributed by atoms with Crippen molar-refractivity contribution >= 4 is 17.4 Å². The smallest absolute Gasteiger partial charge is 0.259 e. The number of aromatic nitrogens is 1. The summed E-state index contributed by atoms with van der Waals surface area (Å²) in [6.45, 7) is 2.15. The van der Waals surface area contributed by atoms with Gasteiger partial charge in [0.2, 0.25) is 0 Å². The summed E-state index contributed by atoms with van der Waals surface area (Å²) in [6, 6.07) is 4.82. The van der Waals surface area contributed by atoms with Crippen molar-refractivity contribution in [3.8, 4) is 0 Å². The number of carbonyl (C=O) groups is 1. The van der Waals surface area contributed by atoms with Crippen LogP contribution in [0.3, 0.4) is 0 Å². The second-order valence-electron chi connectivity index (χ2n) is 5.15. The second kappa shape index (κ2) is 6.88. The highest BCUT2D eigenvalue weighted by Crippen LogP contribution is 2.23. The predicted octanol–water partition coefficient (Wildman–Crippen LogP) is 2.59. The number of halogens is 3. The van der Waals surface area contributed by atoms with E-state index in [2.05, 4.69) is 10.3 Å². The zero-order valence-electron chi connectivity index (χ0n) is 12.6. The minimum absolute atomic E-state index is 0.212. The lowest BCUT2D eigenvalue weighted by atomic mass is 10.2. The number of pyridine rings is 1. The summed E-state index contributed by atoms with van der Waals surface area (Å²) >= 11 is 0. The minimum Gasteiger partial charge on any atom is -0.378 e. The van der Waals surface area contributed by atoms with E-state index in [0.717, 1.165) is 12.1 Å². The molecule has 126 valence electrons. The van der Waals surface area contributed by atoms with Crippen molar-refractivity contribution in [2.24, 2.45) is 0 Å². The van der Waals surface area contributed by atoms with E-state index in [1.165, 1.54) is 6.07 Å². The highest BCUT2D eigenvalue weighted by Gasteiger charge is 2.21. The van der Waals surface area contributed by atoms with Gasteiger partial charge in [-0.3, -0.25) is 4.79 Å².